The summed E-state index contributed by atoms with van der Waals surface area (Å²) in [5.74, 6) is -1.39. The minimum atomic E-state index is -5.96. The fraction of sp³-hybridized carbons (Fsp3) is 0.333. The van der Waals surface area contributed by atoms with Crippen LogP contribution in [0, 0.1) is 5.82 Å². The molecule has 0 saturated heterocycles. The number of rotatable bonds is 3. The van der Waals surface area contributed by atoms with E-state index in [2.05, 4.69) is 4.18 Å². The predicted octanol–water partition coefficient (Wildman–Crippen LogP) is 3.21. The third-order valence-corrected chi connectivity index (χ3v) is 2.94. The molecule has 0 aromatic heterocycles. The number of alkyl halides is 6. The zero-order chi connectivity index (χ0) is 15.8. The molecule has 0 fully saturated rings. The molecule has 0 spiro atoms. The van der Waals surface area contributed by atoms with E-state index in [9.17, 15) is 39.2 Å². The van der Waals surface area contributed by atoms with Crippen molar-refractivity contribution >= 4 is 10.1 Å². The summed E-state index contributed by atoms with van der Waals surface area (Å²) in [4.78, 5) is 0. The third-order valence-electron chi connectivity index (χ3n) is 1.95. The summed E-state index contributed by atoms with van der Waals surface area (Å²) in [5.41, 5.74) is -7.89. The molecule has 1 rings (SSSR count). The van der Waals surface area contributed by atoms with Crippen LogP contribution < -0.4 is 0 Å². The Morgan fingerprint density at radius 2 is 1.55 bits per heavy atom. The summed E-state index contributed by atoms with van der Waals surface area (Å²) in [7, 11) is -5.96. The third kappa shape index (κ3) is 4.07. The summed E-state index contributed by atoms with van der Waals surface area (Å²) < 4.78 is 110. The van der Waals surface area contributed by atoms with Crippen molar-refractivity contribution in [3.05, 3.63) is 35.1 Å². The molecule has 3 nitrogen and oxygen atoms in total. The zero-order valence-electron chi connectivity index (χ0n) is 9.22. The number of benzene rings is 1. The molecule has 0 N–H and O–H groups in total. The van der Waals surface area contributed by atoms with Crippen LogP contribution in [0.2, 0.25) is 0 Å². The van der Waals surface area contributed by atoms with Gasteiger partial charge in [-0.25, -0.2) is 4.39 Å². The van der Waals surface area contributed by atoms with Gasteiger partial charge in [-0.1, -0.05) is 0 Å². The first-order chi connectivity index (χ1) is 8.83. The molecule has 0 aliphatic carbocycles. The van der Waals surface area contributed by atoms with Crippen molar-refractivity contribution in [3.63, 3.8) is 0 Å². The van der Waals surface area contributed by atoms with Gasteiger partial charge >= 0.3 is 21.8 Å². The highest BCUT2D eigenvalue weighted by molar-refractivity contribution is 7.87. The molecule has 0 unspecified atom stereocenters. The Morgan fingerprint density at radius 3 is 2.00 bits per heavy atom. The molecule has 1 aromatic carbocycles. The second kappa shape index (κ2) is 5.20. The van der Waals surface area contributed by atoms with Gasteiger partial charge in [-0.05, 0) is 23.8 Å². The summed E-state index contributed by atoms with van der Waals surface area (Å²) in [6.45, 7) is -1.37. The maximum atomic E-state index is 12.9. The first-order valence-electron chi connectivity index (χ1n) is 4.65. The monoisotopic (exact) mass is 326 g/mol. The molecule has 0 saturated carbocycles. The van der Waals surface area contributed by atoms with E-state index in [-0.39, 0.29) is 12.1 Å². The molecule has 1 aromatic rings. The lowest BCUT2D eigenvalue weighted by Gasteiger charge is -2.11. The van der Waals surface area contributed by atoms with Crippen LogP contribution in [-0.2, 0) is 27.1 Å². The van der Waals surface area contributed by atoms with Gasteiger partial charge in [-0.3, -0.25) is 4.18 Å². The second-order valence-corrected chi connectivity index (χ2v) is 5.11. The van der Waals surface area contributed by atoms with E-state index >= 15 is 0 Å². The molecule has 0 bridgehead atoms. The van der Waals surface area contributed by atoms with Gasteiger partial charge in [0.2, 0.25) is 0 Å². The van der Waals surface area contributed by atoms with Gasteiger partial charge in [0, 0.05) is 0 Å². The Labute approximate surface area is 108 Å². The largest absolute Gasteiger partial charge is 0.523 e. The minimum absolute atomic E-state index is 0.113. The summed E-state index contributed by atoms with van der Waals surface area (Å²) in [6, 6.07) is 0.831. The van der Waals surface area contributed by atoms with Crippen LogP contribution in [-0.4, -0.2) is 13.9 Å². The number of hydrogen-bond donors (Lipinski definition) is 0. The standard InChI is InChI=1S/C9H5F7O3S/c10-7-2-5(1-6(3-7)8(11,12)13)4-19-20(17,18)9(14,15)16/h1-3H,4H2. The highest BCUT2D eigenvalue weighted by Gasteiger charge is 2.47. The van der Waals surface area contributed by atoms with E-state index in [1.54, 1.807) is 0 Å². The van der Waals surface area contributed by atoms with Gasteiger partial charge in [0.15, 0.2) is 0 Å². The van der Waals surface area contributed by atoms with Gasteiger partial charge in [-0.15, -0.1) is 0 Å². The quantitative estimate of drug-likeness (QED) is 0.487. The predicted molar refractivity (Wildman–Crippen MR) is 51.2 cm³/mol. The lowest BCUT2D eigenvalue weighted by Crippen LogP contribution is -2.25. The average Bonchev–Trinajstić information content (AvgIpc) is 2.23. The van der Waals surface area contributed by atoms with Crippen molar-refractivity contribution in [2.24, 2.45) is 0 Å². The maximum Gasteiger partial charge on any atom is 0.523 e. The van der Waals surface area contributed by atoms with Crippen LogP contribution in [0.25, 0.3) is 0 Å². The molecular formula is C9H5F7O3S. The van der Waals surface area contributed by atoms with Gasteiger partial charge < -0.3 is 0 Å². The number of halogens is 7. The van der Waals surface area contributed by atoms with Gasteiger partial charge in [0.25, 0.3) is 0 Å². The second-order valence-electron chi connectivity index (χ2n) is 3.51. The highest BCUT2D eigenvalue weighted by atomic mass is 32.2. The molecule has 0 heterocycles. The zero-order valence-corrected chi connectivity index (χ0v) is 10.0. The molecule has 11 heteroatoms. The molecular weight excluding hydrogens is 321 g/mol. The Bertz CT molecular complexity index is 589. The first-order valence-corrected chi connectivity index (χ1v) is 6.06. The molecule has 0 radical (unpaired) electrons. The van der Waals surface area contributed by atoms with Crippen LogP contribution in [0.3, 0.4) is 0 Å². The summed E-state index contributed by atoms with van der Waals surface area (Å²) in [6.07, 6.45) is -4.93. The van der Waals surface area contributed by atoms with E-state index in [0.717, 1.165) is 0 Å². The van der Waals surface area contributed by atoms with E-state index in [1.165, 1.54) is 0 Å². The van der Waals surface area contributed by atoms with Gasteiger partial charge in [0.1, 0.15) is 5.82 Å². The SMILES string of the molecule is O=S(=O)(OCc1cc(F)cc(C(F)(F)F)c1)C(F)(F)F. The summed E-state index contributed by atoms with van der Waals surface area (Å²) in [5, 5.41) is 0. The van der Waals surface area contributed by atoms with E-state index in [0.29, 0.717) is 6.07 Å². The molecule has 20 heavy (non-hydrogen) atoms. The van der Waals surface area contributed by atoms with Crippen molar-refractivity contribution in [2.45, 2.75) is 18.3 Å². The smallest absolute Gasteiger partial charge is 0.258 e. The Kier molecular flexibility index (Phi) is 4.34. The molecule has 0 amide bonds. The molecule has 114 valence electrons. The minimum Gasteiger partial charge on any atom is -0.258 e. The lowest BCUT2D eigenvalue weighted by atomic mass is 10.1. The average molecular weight is 326 g/mol. The van der Waals surface area contributed by atoms with E-state index < -0.39 is 45.4 Å². The topological polar surface area (TPSA) is 43.4 Å². The fourth-order valence-corrected chi connectivity index (χ4v) is 1.53. The summed E-state index contributed by atoms with van der Waals surface area (Å²) >= 11 is 0. The molecule has 0 aliphatic rings. The van der Waals surface area contributed by atoms with Gasteiger partial charge in [-0.2, -0.15) is 34.8 Å². The van der Waals surface area contributed by atoms with Crippen molar-refractivity contribution in [2.75, 3.05) is 0 Å². The van der Waals surface area contributed by atoms with Crippen LogP contribution in [0.5, 0.6) is 0 Å². The normalized spacial score (nSPS) is 13.6. The first kappa shape index (κ1) is 16.7. The fourth-order valence-electron chi connectivity index (χ4n) is 1.11. The van der Waals surface area contributed by atoms with Crippen molar-refractivity contribution in [3.8, 4) is 0 Å². The van der Waals surface area contributed by atoms with Gasteiger partial charge in [0.05, 0.1) is 12.2 Å². The molecule has 0 atom stereocenters. The molecule has 0 aliphatic heterocycles. The van der Waals surface area contributed by atoms with Crippen LogP contribution >= 0.6 is 0 Å². The maximum absolute atomic E-state index is 12.9. The lowest BCUT2D eigenvalue weighted by molar-refractivity contribution is -0.137. The van der Waals surface area contributed by atoms with Crippen molar-refractivity contribution in [1.82, 2.24) is 0 Å². The Hall–Kier alpha value is -1.36. The van der Waals surface area contributed by atoms with E-state index in [1.807, 2.05) is 0 Å². The van der Waals surface area contributed by atoms with Crippen LogP contribution in [0.4, 0.5) is 30.7 Å². The van der Waals surface area contributed by atoms with Crippen molar-refractivity contribution in [1.29, 1.82) is 0 Å². The number of hydrogen-bond acceptors (Lipinski definition) is 3. The van der Waals surface area contributed by atoms with Crippen LogP contribution in [0.1, 0.15) is 11.1 Å². The Balaban J connectivity index is 2.98. The van der Waals surface area contributed by atoms with E-state index in [4.69, 9.17) is 0 Å². The van der Waals surface area contributed by atoms with Crippen molar-refractivity contribution < 1.29 is 43.3 Å². The Morgan fingerprint density at radius 1 is 1.00 bits per heavy atom. The highest BCUT2D eigenvalue weighted by Crippen LogP contribution is 2.31. The van der Waals surface area contributed by atoms with Crippen LogP contribution in [0.15, 0.2) is 18.2 Å².